The van der Waals surface area contributed by atoms with E-state index in [-0.39, 0.29) is 0 Å². The fourth-order valence-corrected chi connectivity index (χ4v) is 5.98. The number of fused-ring (bicyclic) bond motifs is 3. The third-order valence-electron chi connectivity index (χ3n) is 5.72. The normalized spacial score (nSPS) is 13.5. The van der Waals surface area contributed by atoms with Gasteiger partial charge in [-0.15, -0.1) is 22.9 Å². The number of benzene rings is 2. The fraction of sp³-hybridized carbons (Fsp3) is 0.0870. The molecule has 11 heteroatoms. The zero-order chi connectivity index (χ0) is 23.4. The summed E-state index contributed by atoms with van der Waals surface area (Å²) in [5, 5.41) is 13.4. The van der Waals surface area contributed by atoms with Crippen LogP contribution in [0.3, 0.4) is 0 Å². The lowest BCUT2D eigenvalue weighted by Gasteiger charge is -2.27. The third-order valence-corrected chi connectivity index (χ3v) is 8.04. The number of tetrazole rings is 1. The van der Waals surface area contributed by atoms with Gasteiger partial charge in [0.05, 0.1) is 33.8 Å². The highest BCUT2D eigenvalue weighted by molar-refractivity contribution is 7.16. The van der Waals surface area contributed by atoms with Gasteiger partial charge in [0, 0.05) is 27.9 Å². The van der Waals surface area contributed by atoms with Gasteiger partial charge in [0.2, 0.25) is 0 Å². The Bertz CT molecular complexity index is 1690. The Morgan fingerprint density at radius 2 is 1.91 bits per heavy atom. The van der Waals surface area contributed by atoms with Gasteiger partial charge in [-0.2, -0.15) is 4.52 Å². The van der Waals surface area contributed by atoms with Gasteiger partial charge in [0.1, 0.15) is 4.87 Å². The number of rotatable bonds is 4. The Kier molecular flexibility index (Phi) is 5.07. The van der Waals surface area contributed by atoms with Crippen molar-refractivity contribution in [2.75, 3.05) is 0 Å². The van der Waals surface area contributed by atoms with E-state index in [0.717, 1.165) is 32.6 Å². The molecule has 6 aromatic rings. The minimum atomic E-state index is -1.03. The van der Waals surface area contributed by atoms with Crippen molar-refractivity contribution >= 4 is 62.8 Å². The molecule has 4 aromatic heterocycles. The second-order valence-corrected chi connectivity index (χ2v) is 10.5. The van der Waals surface area contributed by atoms with Crippen LogP contribution >= 0.6 is 46.1 Å². The van der Waals surface area contributed by atoms with Crippen LogP contribution in [0.2, 0.25) is 9.36 Å². The summed E-state index contributed by atoms with van der Waals surface area (Å²) in [6, 6.07) is 17.3. The number of nitrogens with zero attached hydrogens (tertiary/aromatic N) is 7. The van der Waals surface area contributed by atoms with Gasteiger partial charge < -0.3 is 4.57 Å². The molecule has 0 amide bonds. The Morgan fingerprint density at radius 1 is 1.03 bits per heavy atom. The van der Waals surface area contributed by atoms with E-state index in [0.29, 0.717) is 20.8 Å². The standard InChI is InChI=1S/C23H14Cl3N7S/c1-32-12-27-11-18(32)23(26,19-7-8-20(25)34-19)14-5-6-17-16(10-14)21(13-3-2-4-15(24)9-13)28-22-29-30-31-33(17)22/h2-12H,1H3. The number of thiophene rings is 1. The Labute approximate surface area is 212 Å². The molecule has 0 spiro atoms. The summed E-state index contributed by atoms with van der Waals surface area (Å²) >= 11 is 21.5. The van der Waals surface area contributed by atoms with E-state index < -0.39 is 4.87 Å². The number of halogens is 3. The van der Waals surface area contributed by atoms with E-state index in [1.807, 2.05) is 66.2 Å². The minimum Gasteiger partial charge on any atom is -0.336 e. The topological polar surface area (TPSA) is 73.8 Å². The molecule has 168 valence electrons. The molecule has 0 radical (unpaired) electrons. The summed E-state index contributed by atoms with van der Waals surface area (Å²) in [4.78, 5) is 8.90. The highest BCUT2D eigenvalue weighted by Crippen LogP contribution is 2.47. The first kappa shape index (κ1) is 21.5. The Hall–Kier alpha value is -3.04. The maximum absolute atomic E-state index is 7.50. The Balaban J connectivity index is 1.69. The van der Waals surface area contributed by atoms with E-state index in [2.05, 4.69) is 20.5 Å². The number of hydrogen-bond acceptors (Lipinski definition) is 6. The number of alkyl halides is 1. The van der Waals surface area contributed by atoms with Crippen LogP contribution in [0.25, 0.3) is 27.9 Å². The van der Waals surface area contributed by atoms with Gasteiger partial charge in [0.15, 0.2) is 0 Å². The highest BCUT2D eigenvalue weighted by atomic mass is 35.5. The van der Waals surface area contributed by atoms with Crippen LogP contribution in [-0.4, -0.2) is 34.6 Å². The molecule has 0 saturated carbocycles. The molecule has 0 N–H and O–H groups in total. The maximum atomic E-state index is 7.50. The second-order valence-electron chi connectivity index (χ2n) is 7.75. The lowest BCUT2D eigenvalue weighted by molar-refractivity contribution is 0.756. The summed E-state index contributed by atoms with van der Waals surface area (Å²) in [6.45, 7) is 0. The summed E-state index contributed by atoms with van der Waals surface area (Å²) in [7, 11) is 1.92. The molecule has 34 heavy (non-hydrogen) atoms. The smallest absolute Gasteiger partial charge is 0.274 e. The molecule has 7 nitrogen and oxygen atoms in total. The zero-order valence-electron chi connectivity index (χ0n) is 17.5. The van der Waals surface area contributed by atoms with Gasteiger partial charge in [-0.1, -0.05) is 46.5 Å². The summed E-state index contributed by atoms with van der Waals surface area (Å²) in [5.41, 5.74) is 3.99. The highest BCUT2D eigenvalue weighted by Gasteiger charge is 2.38. The van der Waals surface area contributed by atoms with E-state index in [9.17, 15) is 0 Å². The monoisotopic (exact) mass is 525 g/mol. The molecule has 0 bridgehead atoms. The number of imidazole rings is 1. The quantitative estimate of drug-likeness (QED) is 0.265. The first-order chi connectivity index (χ1) is 16.4. The first-order valence-electron chi connectivity index (χ1n) is 10.1. The molecule has 4 heterocycles. The predicted molar refractivity (Wildman–Crippen MR) is 135 cm³/mol. The molecule has 2 aromatic carbocycles. The summed E-state index contributed by atoms with van der Waals surface area (Å²) in [6.07, 6.45) is 3.50. The van der Waals surface area contributed by atoms with Gasteiger partial charge in [-0.05, 0) is 52.4 Å². The second kappa shape index (κ2) is 8.02. The largest absolute Gasteiger partial charge is 0.336 e. The summed E-state index contributed by atoms with van der Waals surface area (Å²) in [5.74, 6) is 0.393. The molecule has 0 saturated heterocycles. The Morgan fingerprint density at radius 3 is 2.65 bits per heavy atom. The number of hydrogen-bond donors (Lipinski definition) is 0. The maximum Gasteiger partial charge on any atom is 0.274 e. The number of aryl methyl sites for hydroxylation is 1. The molecule has 6 rings (SSSR count). The van der Waals surface area contributed by atoms with Crippen LogP contribution in [-0.2, 0) is 11.9 Å². The van der Waals surface area contributed by atoms with Gasteiger partial charge in [-0.25, -0.2) is 9.97 Å². The SMILES string of the molecule is Cn1cncc1C(Cl)(c1ccc2c(c1)c(-c1cccc(Cl)c1)nc1nnnn12)c1ccc(Cl)s1. The van der Waals surface area contributed by atoms with Crippen LogP contribution in [0, 0.1) is 0 Å². The molecule has 0 aliphatic rings. The number of aromatic nitrogens is 7. The average molecular weight is 527 g/mol. The fourth-order valence-electron chi connectivity index (χ4n) is 4.15. The molecule has 1 unspecified atom stereocenters. The lowest BCUT2D eigenvalue weighted by Crippen LogP contribution is -2.24. The lowest BCUT2D eigenvalue weighted by atomic mass is 9.91. The first-order valence-corrected chi connectivity index (χ1v) is 12.1. The van der Waals surface area contributed by atoms with E-state index in [1.165, 1.54) is 11.3 Å². The molecular weight excluding hydrogens is 513 g/mol. The summed E-state index contributed by atoms with van der Waals surface area (Å²) < 4.78 is 4.17. The van der Waals surface area contributed by atoms with Crippen LogP contribution in [0.4, 0.5) is 0 Å². The predicted octanol–water partition coefficient (Wildman–Crippen LogP) is 5.97. The van der Waals surface area contributed by atoms with E-state index >= 15 is 0 Å². The molecule has 0 aliphatic heterocycles. The van der Waals surface area contributed by atoms with Crippen LogP contribution in [0.5, 0.6) is 0 Å². The van der Waals surface area contributed by atoms with Crippen molar-refractivity contribution in [3.8, 4) is 11.3 Å². The van der Waals surface area contributed by atoms with Crippen LogP contribution in [0.1, 0.15) is 16.1 Å². The average Bonchev–Trinajstić information content (AvgIpc) is 3.59. The molecule has 1 atom stereocenters. The molecule has 0 fully saturated rings. The molecular formula is C23H14Cl3N7S. The third kappa shape index (κ3) is 3.29. The van der Waals surface area contributed by atoms with Crippen molar-refractivity contribution in [1.29, 1.82) is 0 Å². The van der Waals surface area contributed by atoms with Crippen LogP contribution < -0.4 is 0 Å². The van der Waals surface area contributed by atoms with Crippen LogP contribution in [0.15, 0.2) is 67.1 Å². The minimum absolute atomic E-state index is 0.393. The van der Waals surface area contributed by atoms with Crippen molar-refractivity contribution in [2.45, 2.75) is 4.87 Å². The van der Waals surface area contributed by atoms with Gasteiger partial charge in [-0.3, -0.25) is 0 Å². The van der Waals surface area contributed by atoms with Crippen molar-refractivity contribution < 1.29 is 0 Å². The van der Waals surface area contributed by atoms with Crippen molar-refractivity contribution in [3.05, 3.63) is 92.6 Å². The van der Waals surface area contributed by atoms with Crippen molar-refractivity contribution in [3.63, 3.8) is 0 Å². The van der Waals surface area contributed by atoms with E-state index in [4.69, 9.17) is 39.8 Å². The van der Waals surface area contributed by atoms with Crippen molar-refractivity contribution in [2.24, 2.45) is 7.05 Å². The van der Waals surface area contributed by atoms with Crippen molar-refractivity contribution in [1.82, 2.24) is 34.6 Å². The zero-order valence-corrected chi connectivity index (χ0v) is 20.6. The molecule has 0 aliphatic carbocycles. The van der Waals surface area contributed by atoms with E-state index in [1.54, 1.807) is 17.0 Å². The van der Waals surface area contributed by atoms with Gasteiger partial charge in [0.25, 0.3) is 5.78 Å². The van der Waals surface area contributed by atoms with Gasteiger partial charge >= 0.3 is 0 Å².